The molecule has 0 amide bonds. The van der Waals surface area contributed by atoms with Gasteiger partial charge in [-0.25, -0.2) is 0 Å². The summed E-state index contributed by atoms with van der Waals surface area (Å²) in [6.45, 7) is 5.79. The Morgan fingerprint density at radius 2 is 2.18 bits per heavy atom. The number of aliphatic hydroxyl groups excluding tert-OH is 1. The number of anilines is 2. The Morgan fingerprint density at radius 1 is 1.47 bits per heavy atom. The van der Waals surface area contributed by atoms with Crippen molar-refractivity contribution in [2.45, 2.75) is 26.4 Å². The lowest BCUT2D eigenvalue weighted by atomic mass is 9.81. The molecule has 0 saturated carbocycles. The summed E-state index contributed by atoms with van der Waals surface area (Å²) >= 11 is 6.21. The Kier molecular flexibility index (Phi) is 3.23. The van der Waals surface area contributed by atoms with Gasteiger partial charge in [-0.05, 0) is 24.6 Å². The van der Waals surface area contributed by atoms with Crippen LogP contribution in [0.25, 0.3) is 0 Å². The molecule has 1 aliphatic rings. The minimum atomic E-state index is -0.244. The highest BCUT2D eigenvalue weighted by Crippen LogP contribution is 2.35. The fraction of sp³-hybridized carbons (Fsp3) is 0.538. The fourth-order valence-corrected chi connectivity index (χ4v) is 2.64. The number of hydrogen-bond donors (Lipinski definition) is 2. The zero-order valence-corrected chi connectivity index (χ0v) is 11.0. The summed E-state index contributed by atoms with van der Waals surface area (Å²) in [6.07, 6.45) is 0.527. The third kappa shape index (κ3) is 2.50. The highest BCUT2D eigenvalue weighted by Gasteiger charge is 2.35. The predicted molar refractivity (Wildman–Crippen MR) is 72.5 cm³/mol. The van der Waals surface area contributed by atoms with Gasteiger partial charge in [0.2, 0.25) is 0 Å². The van der Waals surface area contributed by atoms with Gasteiger partial charge in [-0.1, -0.05) is 25.4 Å². The lowest BCUT2D eigenvalue weighted by molar-refractivity contribution is 0.0336. The van der Waals surface area contributed by atoms with E-state index in [-0.39, 0.29) is 11.5 Å². The monoisotopic (exact) mass is 254 g/mol. The average Bonchev–Trinajstić information content (AvgIpc) is 2.22. The molecule has 1 atom stereocenters. The summed E-state index contributed by atoms with van der Waals surface area (Å²) in [5, 5.41) is 10.6. The van der Waals surface area contributed by atoms with Crippen molar-refractivity contribution < 1.29 is 5.11 Å². The number of nitrogens with two attached hydrogens (primary N) is 1. The van der Waals surface area contributed by atoms with E-state index in [2.05, 4.69) is 18.7 Å². The second kappa shape index (κ2) is 4.39. The summed E-state index contributed by atoms with van der Waals surface area (Å²) < 4.78 is 0. The van der Waals surface area contributed by atoms with Crippen LogP contribution in [0.1, 0.15) is 20.3 Å². The molecule has 1 unspecified atom stereocenters. The van der Waals surface area contributed by atoms with Crippen LogP contribution < -0.4 is 10.6 Å². The lowest BCUT2D eigenvalue weighted by Gasteiger charge is -2.43. The number of benzene rings is 1. The summed E-state index contributed by atoms with van der Waals surface area (Å²) in [5.74, 6) is 0. The number of halogens is 1. The number of aliphatic hydroxyl groups is 1. The van der Waals surface area contributed by atoms with Crippen molar-refractivity contribution in [3.8, 4) is 0 Å². The lowest BCUT2D eigenvalue weighted by Crippen LogP contribution is -2.48. The van der Waals surface area contributed by atoms with Gasteiger partial charge in [0, 0.05) is 24.2 Å². The number of nitrogens with zero attached hydrogens (tertiary/aromatic N) is 1. The van der Waals surface area contributed by atoms with Gasteiger partial charge < -0.3 is 15.7 Å². The van der Waals surface area contributed by atoms with E-state index in [0.29, 0.717) is 10.7 Å². The maximum absolute atomic E-state index is 9.94. The Balaban J connectivity index is 2.24. The number of nitrogen functional groups attached to an aromatic ring is 1. The number of hydrogen-bond acceptors (Lipinski definition) is 3. The SMILES string of the molecule is CC1(C)CN(c2ccc(N)cc2Cl)CCC1O. The van der Waals surface area contributed by atoms with Gasteiger partial charge in [0.15, 0.2) is 0 Å². The third-order valence-electron chi connectivity index (χ3n) is 3.49. The molecule has 2 rings (SSSR count). The van der Waals surface area contributed by atoms with E-state index in [9.17, 15) is 5.11 Å². The van der Waals surface area contributed by atoms with Crippen molar-refractivity contribution in [3.05, 3.63) is 23.2 Å². The minimum absolute atomic E-state index is 0.108. The van der Waals surface area contributed by atoms with Crippen LogP contribution in [0.2, 0.25) is 5.02 Å². The second-order valence-electron chi connectivity index (χ2n) is 5.43. The first-order chi connectivity index (χ1) is 7.90. The smallest absolute Gasteiger partial charge is 0.0660 e. The van der Waals surface area contributed by atoms with E-state index in [1.54, 1.807) is 6.07 Å². The first-order valence-corrected chi connectivity index (χ1v) is 6.26. The molecule has 1 aliphatic heterocycles. The molecule has 1 aromatic rings. The molecule has 1 saturated heterocycles. The van der Waals surface area contributed by atoms with Gasteiger partial charge in [-0.2, -0.15) is 0 Å². The molecule has 0 bridgehead atoms. The summed E-state index contributed by atoms with van der Waals surface area (Å²) in [6, 6.07) is 5.58. The van der Waals surface area contributed by atoms with Crippen LogP contribution >= 0.6 is 11.6 Å². The molecule has 0 radical (unpaired) electrons. The van der Waals surface area contributed by atoms with E-state index in [0.717, 1.165) is 25.2 Å². The van der Waals surface area contributed by atoms with Crippen molar-refractivity contribution in [2.75, 3.05) is 23.7 Å². The van der Waals surface area contributed by atoms with Crippen molar-refractivity contribution in [2.24, 2.45) is 5.41 Å². The standard InChI is InChI=1S/C13H19ClN2O/c1-13(2)8-16(6-5-12(13)17)11-4-3-9(15)7-10(11)14/h3-4,7,12,17H,5-6,8,15H2,1-2H3. The van der Waals surface area contributed by atoms with Crippen molar-refractivity contribution in [3.63, 3.8) is 0 Å². The Morgan fingerprint density at radius 3 is 2.76 bits per heavy atom. The molecule has 0 aliphatic carbocycles. The molecule has 0 spiro atoms. The van der Waals surface area contributed by atoms with Crippen LogP contribution in [0.4, 0.5) is 11.4 Å². The van der Waals surface area contributed by atoms with E-state index < -0.39 is 0 Å². The van der Waals surface area contributed by atoms with Crippen LogP contribution in [-0.2, 0) is 0 Å². The molecular weight excluding hydrogens is 236 g/mol. The highest BCUT2D eigenvalue weighted by molar-refractivity contribution is 6.33. The topological polar surface area (TPSA) is 49.5 Å². The molecule has 1 aromatic carbocycles. The molecular formula is C13H19ClN2O. The van der Waals surface area contributed by atoms with Gasteiger partial charge in [-0.15, -0.1) is 0 Å². The molecule has 3 nitrogen and oxygen atoms in total. The van der Waals surface area contributed by atoms with Crippen molar-refractivity contribution in [1.29, 1.82) is 0 Å². The maximum atomic E-state index is 9.94. The molecule has 4 heteroatoms. The summed E-state index contributed by atoms with van der Waals surface area (Å²) in [4.78, 5) is 2.22. The van der Waals surface area contributed by atoms with Gasteiger partial charge >= 0.3 is 0 Å². The highest BCUT2D eigenvalue weighted by atomic mass is 35.5. The zero-order valence-electron chi connectivity index (χ0n) is 10.3. The van der Waals surface area contributed by atoms with Crippen LogP contribution in [-0.4, -0.2) is 24.3 Å². The van der Waals surface area contributed by atoms with Crippen LogP contribution in [0.3, 0.4) is 0 Å². The summed E-state index contributed by atoms with van der Waals surface area (Å²) in [7, 11) is 0. The van der Waals surface area contributed by atoms with Gasteiger partial charge in [-0.3, -0.25) is 0 Å². The van der Waals surface area contributed by atoms with E-state index in [1.165, 1.54) is 0 Å². The minimum Gasteiger partial charge on any atom is -0.399 e. The predicted octanol–water partition coefficient (Wildman–Crippen LogP) is 2.52. The zero-order chi connectivity index (χ0) is 12.6. The first-order valence-electron chi connectivity index (χ1n) is 5.88. The molecule has 17 heavy (non-hydrogen) atoms. The van der Waals surface area contributed by atoms with E-state index in [1.807, 2.05) is 12.1 Å². The maximum Gasteiger partial charge on any atom is 0.0660 e. The average molecular weight is 255 g/mol. The van der Waals surface area contributed by atoms with Crippen molar-refractivity contribution >= 4 is 23.0 Å². The molecule has 0 aromatic heterocycles. The quantitative estimate of drug-likeness (QED) is 0.758. The molecule has 1 heterocycles. The van der Waals surface area contributed by atoms with Gasteiger partial charge in [0.25, 0.3) is 0 Å². The molecule has 3 N–H and O–H groups in total. The van der Waals surface area contributed by atoms with Gasteiger partial charge in [0.05, 0.1) is 16.8 Å². The van der Waals surface area contributed by atoms with Crippen LogP contribution in [0.15, 0.2) is 18.2 Å². The molecule has 94 valence electrons. The fourth-order valence-electron chi connectivity index (χ4n) is 2.33. The number of rotatable bonds is 1. The first kappa shape index (κ1) is 12.5. The summed E-state index contributed by atoms with van der Waals surface area (Å²) in [5.41, 5.74) is 7.26. The van der Waals surface area contributed by atoms with Crippen molar-refractivity contribution in [1.82, 2.24) is 0 Å². The van der Waals surface area contributed by atoms with E-state index >= 15 is 0 Å². The third-order valence-corrected chi connectivity index (χ3v) is 3.79. The second-order valence-corrected chi connectivity index (χ2v) is 5.83. The normalized spacial score (nSPS) is 23.8. The van der Waals surface area contributed by atoms with Gasteiger partial charge in [0.1, 0.15) is 0 Å². The van der Waals surface area contributed by atoms with E-state index in [4.69, 9.17) is 17.3 Å². The number of piperidine rings is 1. The Bertz CT molecular complexity index is 420. The van der Waals surface area contributed by atoms with Crippen LogP contribution in [0, 0.1) is 5.41 Å². The van der Waals surface area contributed by atoms with Crippen LogP contribution in [0.5, 0.6) is 0 Å². The Hall–Kier alpha value is -0.930. The Labute approximate surface area is 107 Å². The largest absolute Gasteiger partial charge is 0.399 e. The molecule has 1 fully saturated rings.